The van der Waals surface area contributed by atoms with E-state index in [1.165, 1.54) is 16.0 Å². The highest BCUT2D eigenvalue weighted by Gasteiger charge is 1.87. The highest BCUT2D eigenvalue weighted by Crippen LogP contribution is 2.12. The first-order chi connectivity index (χ1) is 8.70. The normalized spacial score (nSPS) is 7.72. The molecule has 0 saturated carbocycles. The summed E-state index contributed by atoms with van der Waals surface area (Å²) in [6.45, 7) is 14.4. The quantitative estimate of drug-likeness (QED) is 0.515. The predicted octanol–water partition coefficient (Wildman–Crippen LogP) is 6.41. The minimum absolute atomic E-state index is 1.32. The number of thiophene rings is 1. The first-order valence-corrected chi connectivity index (χ1v) is 7.60. The molecule has 0 nitrogen and oxygen atoms in total. The number of benzene rings is 1. The van der Waals surface area contributed by atoms with Crippen LogP contribution in [0.5, 0.6) is 0 Å². The second kappa shape index (κ2) is 14.0. The minimum atomic E-state index is 1.32. The molecule has 0 aliphatic rings. The molecule has 0 radical (unpaired) electrons. The van der Waals surface area contributed by atoms with E-state index in [0.717, 1.165) is 0 Å². The van der Waals surface area contributed by atoms with Gasteiger partial charge in [-0.25, -0.2) is 0 Å². The molecule has 0 fully saturated rings. The molecule has 1 aromatic carbocycles. The lowest BCUT2D eigenvalue weighted by atomic mass is 10.2. The van der Waals surface area contributed by atoms with Gasteiger partial charge in [0.15, 0.2) is 0 Å². The van der Waals surface area contributed by atoms with E-state index in [-0.39, 0.29) is 0 Å². The molecule has 102 valence electrons. The van der Waals surface area contributed by atoms with Crippen molar-refractivity contribution in [1.29, 1.82) is 0 Å². The molecule has 0 N–H and O–H groups in total. The highest BCUT2D eigenvalue weighted by molar-refractivity contribution is 7.10. The summed E-state index contributed by atoms with van der Waals surface area (Å²) in [5, 5.41) is 2.12. The van der Waals surface area contributed by atoms with E-state index in [0.29, 0.717) is 0 Å². The molecule has 2 rings (SSSR count). The van der Waals surface area contributed by atoms with Crippen molar-refractivity contribution in [2.45, 2.75) is 48.5 Å². The van der Waals surface area contributed by atoms with Crippen molar-refractivity contribution in [2.24, 2.45) is 0 Å². The van der Waals surface area contributed by atoms with Crippen molar-refractivity contribution >= 4 is 11.3 Å². The van der Waals surface area contributed by atoms with Gasteiger partial charge in [0.1, 0.15) is 0 Å². The molecule has 0 aliphatic heterocycles. The van der Waals surface area contributed by atoms with Crippen molar-refractivity contribution in [1.82, 2.24) is 0 Å². The predicted molar refractivity (Wildman–Crippen MR) is 87.7 cm³/mol. The maximum absolute atomic E-state index is 2.14. The zero-order valence-corrected chi connectivity index (χ0v) is 13.8. The van der Waals surface area contributed by atoms with Crippen molar-refractivity contribution in [3.05, 3.63) is 57.8 Å². The molecule has 1 aromatic heterocycles. The molecular weight excluding hydrogens is 236 g/mol. The maximum Gasteiger partial charge on any atom is 0.00433 e. The summed E-state index contributed by atoms with van der Waals surface area (Å²) < 4.78 is 0. The first kappa shape index (κ1) is 19.3. The Morgan fingerprint density at radius 3 is 1.39 bits per heavy atom. The molecule has 0 spiro atoms. The van der Waals surface area contributed by atoms with Gasteiger partial charge in [0.25, 0.3) is 0 Å². The number of aryl methyl sites for hydroxylation is 3. The second-order valence-electron chi connectivity index (χ2n) is 3.31. The van der Waals surface area contributed by atoms with E-state index < -0.39 is 0 Å². The smallest absolute Gasteiger partial charge is 0.00433 e. The van der Waals surface area contributed by atoms with E-state index in [1.54, 1.807) is 11.3 Å². The van der Waals surface area contributed by atoms with Crippen LogP contribution in [0.25, 0.3) is 0 Å². The fourth-order valence-corrected chi connectivity index (χ4v) is 1.71. The topological polar surface area (TPSA) is 0 Å². The molecule has 0 bridgehead atoms. The molecule has 1 heterocycles. The van der Waals surface area contributed by atoms with Gasteiger partial charge >= 0.3 is 0 Å². The zero-order chi connectivity index (χ0) is 14.4. The van der Waals surface area contributed by atoms with Crippen molar-refractivity contribution in [2.75, 3.05) is 0 Å². The molecule has 0 aliphatic carbocycles. The molecule has 1 heteroatoms. The lowest BCUT2D eigenvalue weighted by molar-refractivity contribution is 1.44. The molecule has 0 unspecified atom stereocenters. The Kier molecular flexibility index (Phi) is 15.0. The van der Waals surface area contributed by atoms with Crippen LogP contribution < -0.4 is 0 Å². The Morgan fingerprint density at radius 2 is 1.22 bits per heavy atom. The van der Waals surface area contributed by atoms with Gasteiger partial charge in [0.05, 0.1) is 0 Å². The molecule has 18 heavy (non-hydrogen) atoms. The Labute approximate surface area is 118 Å². The van der Waals surface area contributed by atoms with Gasteiger partial charge < -0.3 is 0 Å². The van der Waals surface area contributed by atoms with Crippen LogP contribution in [0.15, 0.2) is 41.8 Å². The Hall–Kier alpha value is -1.08. The van der Waals surface area contributed by atoms with E-state index in [4.69, 9.17) is 0 Å². The van der Waals surface area contributed by atoms with Crippen molar-refractivity contribution in [3.63, 3.8) is 0 Å². The summed E-state index contributed by atoms with van der Waals surface area (Å²) in [7, 11) is 0. The summed E-state index contributed by atoms with van der Waals surface area (Å²) in [5.41, 5.74) is 2.73. The van der Waals surface area contributed by atoms with Crippen LogP contribution in [0.3, 0.4) is 0 Å². The second-order valence-corrected chi connectivity index (χ2v) is 4.43. The van der Waals surface area contributed by atoms with E-state index in [1.807, 2.05) is 45.9 Å². The average molecular weight is 264 g/mol. The van der Waals surface area contributed by atoms with Crippen LogP contribution in [0, 0.1) is 20.8 Å². The van der Waals surface area contributed by atoms with Gasteiger partial charge in [-0.15, -0.1) is 11.3 Å². The first-order valence-electron chi connectivity index (χ1n) is 6.72. The number of hydrogen-bond acceptors (Lipinski definition) is 1. The highest BCUT2D eigenvalue weighted by atomic mass is 32.1. The zero-order valence-electron chi connectivity index (χ0n) is 12.9. The minimum Gasteiger partial charge on any atom is -0.149 e. The van der Waals surface area contributed by atoms with Crippen LogP contribution in [-0.4, -0.2) is 0 Å². The molecular formula is C17H28S. The van der Waals surface area contributed by atoms with E-state index >= 15 is 0 Å². The van der Waals surface area contributed by atoms with E-state index in [2.05, 4.69) is 44.4 Å². The van der Waals surface area contributed by atoms with Gasteiger partial charge in [-0.1, -0.05) is 63.6 Å². The van der Waals surface area contributed by atoms with E-state index in [9.17, 15) is 0 Å². The third-order valence-corrected chi connectivity index (χ3v) is 3.01. The van der Waals surface area contributed by atoms with Crippen molar-refractivity contribution < 1.29 is 0 Å². The summed E-state index contributed by atoms with van der Waals surface area (Å²) in [5.74, 6) is 0. The summed E-state index contributed by atoms with van der Waals surface area (Å²) in [4.78, 5) is 1.43. The maximum atomic E-state index is 2.14. The summed E-state index contributed by atoms with van der Waals surface area (Å²) >= 11 is 1.80. The van der Waals surface area contributed by atoms with Gasteiger partial charge in [0, 0.05) is 4.88 Å². The monoisotopic (exact) mass is 264 g/mol. The van der Waals surface area contributed by atoms with Gasteiger partial charge in [-0.3, -0.25) is 0 Å². The summed E-state index contributed by atoms with van der Waals surface area (Å²) in [6, 6.07) is 12.4. The van der Waals surface area contributed by atoms with Crippen LogP contribution >= 0.6 is 11.3 Å². The Bertz CT molecular complexity index is 344. The third-order valence-electron chi connectivity index (χ3n) is 2.06. The Balaban J connectivity index is 0. The lowest BCUT2D eigenvalue weighted by Crippen LogP contribution is -1.62. The SMILES string of the molecule is CC.CC.Cc1ccccc1.Cc1ccsc1C. The lowest BCUT2D eigenvalue weighted by Gasteiger charge is -1.82. The molecule has 0 amide bonds. The molecule has 0 atom stereocenters. The molecule has 2 aromatic rings. The van der Waals surface area contributed by atoms with Crippen LogP contribution in [0.2, 0.25) is 0 Å². The van der Waals surface area contributed by atoms with Crippen LogP contribution in [0.1, 0.15) is 43.7 Å². The number of rotatable bonds is 0. The van der Waals surface area contributed by atoms with Crippen molar-refractivity contribution in [3.8, 4) is 0 Å². The van der Waals surface area contributed by atoms with Gasteiger partial charge in [-0.05, 0) is 37.8 Å². The fourth-order valence-electron chi connectivity index (χ4n) is 0.983. The van der Waals surface area contributed by atoms with Gasteiger partial charge in [-0.2, -0.15) is 0 Å². The molecule has 0 saturated heterocycles. The third kappa shape index (κ3) is 10.1. The number of hydrogen-bond donors (Lipinski definition) is 0. The fraction of sp³-hybridized carbons (Fsp3) is 0.412. The summed E-state index contributed by atoms with van der Waals surface area (Å²) in [6.07, 6.45) is 0. The standard InChI is InChI=1S/C7H8.C6H8S.2C2H6/c1-7-5-3-2-4-6-7;1-5-3-4-7-6(5)2;2*1-2/h2-6H,1H3;3-4H,1-2H3;2*1-2H3. The largest absolute Gasteiger partial charge is 0.149 e. The average Bonchev–Trinajstić information content (AvgIpc) is 2.80. The van der Waals surface area contributed by atoms with Crippen LogP contribution in [0.4, 0.5) is 0 Å². The Morgan fingerprint density at radius 1 is 0.722 bits per heavy atom. The van der Waals surface area contributed by atoms with Gasteiger partial charge in [0.2, 0.25) is 0 Å². The van der Waals surface area contributed by atoms with Crippen LogP contribution in [-0.2, 0) is 0 Å².